The van der Waals surface area contributed by atoms with Crippen molar-refractivity contribution in [1.82, 2.24) is 15.0 Å². The molecule has 0 amide bonds. The van der Waals surface area contributed by atoms with Crippen LogP contribution in [-0.2, 0) is 0 Å². The predicted molar refractivity (Wildman–Crippen MR) is 104 cm³/mol. The van der Waals surface area contributed by atoms with Gasteiger partial charge in [0.15, 0.2) is 17.3 Å². The normalized spacial score (nSPS) is 10.8. The molecule has 2 heterocycles. The highest BCUT2D eigenvalue weighted by atomic mass is 16.5. The first-order valence-electron chi connectivity index (χ1n) is 8.45. The molecule has 2 aromatic heterocycles. The van der Waals surface area contributed by atoms with Crippen molar-refractivity contribution in [2.24, 2.45) is 0 Å². The number of imidazole rings is 1. The van der Waals surface area contributed by atoms with Crippen LogP contribution in [0.15, 0.2) is 54.6 Å². The molecule has 0 fully saturated rings. The standard InChI is InChI=1S/C21H19N3O3/c1-25-14-8-9-16-18(12-14)24-21(23-16)17-6-4-5-15(22-17)13-7-10-19(26-2)20(11-13)27-3/h4-12H,1-3H3,(H,23,24). The third-order valence-corrected chi connectivity index (χ3v) is 4.36. The second-order valence-electron chi connectivity index (χ2n) is 5.95. The summed E-state index contributed by atoms with van der Waals surface area (Å²) >= 11 is 0. The lowest BCUT2D eigenvalue weighted by atomic mass is 10.1. The molecule has 0 saturated carbocycles. The maximum Gasteiger partial charge on any atom is 0.161 e. The molecule has 0 bridgehead atoms. The van der Waals surface area contributed by atoms with Crippen molar-refractivity contribution in [3.8, 4) is 40.0 Å². The summed E-state index contributed by atoms with van der Waals surface area (Å²) in [5.74, 6) is 2.84. The molecule has 0 aliphatic rings. The fourth-order valence-corrected chi connectivity index (χ4v) is 2.96. The summed E-state index contributed by atoms with van der Waals surface area (Å²) in [7, 11) is 4.88. The lowest BCUT2D eigenvalue weighted by molar-refractivity contribution is 0.355. The first kappa shape index (κ1) is 16.9. The number of nitrogens with one attached hydrogen (secondary N) is 1. The van der Waals surface area contributed by atoms with Crippen molar-refractivity contribution in [2.45, 2.75) is 0 Å². The van der Waals surface area contributed by atoms with Gasteiger partial charge in [0.1, 0.15) is 11.4 Å². The first-order valence-corrected chi connectivity index (χ1v) is 8.45. The number of aromatic nitrogens is 3. The highest BCUT2D eigenvalue weighted by Gasteiger charge is 2.11. The number of fused-ring (bicyclic) bond motifs is 1. The maximum atomic E-state index is 5.39. The van der Waals surface area contributed by atoms with E-state index in [1.165, 1.54) is 0 Å². The lowest BCUT2D eigenvalue weighted by Gasteiger charge is -2.09. The summed E-state index contributed by atoms with van der Waals surface area (Å²) in [6, 6.07) is 17.3. The van der Waals surface area contributed by atoms with Crippen LogP contribution in [-0.4, -0.2) is 36.3 Å². The summed E-state index contributed by atoms with van der Waals surface area (Å²) in [5.41, 5.74) is 4.29. The van der Waals surface area contributed by atoms with Crippen LogP contribution in [0.1, 0.15) is 0 Å². The van der Waals surface area contributed by atoms with Crippen molar-refractivity contribution in [3.05, 3.63) is 54.6 Å². The van der Waals surface area contributed by atoms with Gasteiger partial charge in [0, 0.05) is 11.6 Å². The number of rotatable bonds is 5. The predicted octanol–water partition coefficient (Wildman–Crippen LogP) is 4.32. The molecule has 1 N–H and O–H groups in total. The zero-order valence-corrected chi connectivity index (χ0v) is 15.3. The Morgan fingerprint density at radius 2 is 1.56 bits per heavy atom. The molecule has 0 radical (unpaired) electrons. The number of nitrogens with zero attached hydrogens (tertiary/aromatic N) is 2. The third-order valence-electron chi connectivity index (χ3n) is 4.36. The summed E-state index contributed by atoms with van der Waals surface area (Å²) in [6.07, 6.45) is 0. The van der Waals surface area contributed by atoms with Crippen LogP contribution in [0.2, 0.25) is 0 Å². The van der Waals surface area contributed by atoms with Gasteiger partial charge in [0.05, 0.1) is 38.1 Å². The molecule has 6 nitrogen and oxygen atoms in total. The van der Waals surface area contributed by atoms with Gasteiger partial charge in [0.2, 0.25) is 0 Å². The van der Waals surface area contributed by atoms with Gasteiger partial charge in [-0.25, -0.2) is 9.97 Å². The number of hydrogen-bond acceptors (Lipinski definition) is 5. The minimum absolute atomic E-state index is 0.665. The Hall–Kier alpha value is -3.54. The van der Waals surface area contributed by atoms with Gasteiger partial charge < -0.3 is 19.2 Å². The average Bonchev–Trinajstić information content (AvgIpc) is 3.16. The van der Waals surface area contributed by atoms with Crippen molar-refractivity contribution < 1.29 is 14.2 Å². The Labute approximate surface area is 156 Å². The summed E-state index contributed by atoms with van der Waals surface area (Å²) in [5, 5.41) is 0. The Morgan fingerprint density at radius 1 is 0.741 bits per heavy atom. The van der Waals surface area contributed by atoms with Crippen LogP contribution in [0.25, 0.3) is 33.8 Å². The summed E-state index contributed by atoms with van der Waals surface area (Å²) in [6.45, 7) is 0. The number of pyridine rings is 1. The molecule has 4 aromatic rings. The van der Waals surface area contributed by atoms with Crippen molar-refractivity contribution in [2.75, 3.05) is 21.3 Å². The van der Waals surface area contributed by atoms with Crippen LogP contribution in [0, 0.1) is 0 Å². The van der Waals surface area contributed by atoms with Gasteiger partial charge in [-0.3, -0.25) is 0 Å². The molecule has 0 atom stereocenters. The molecule has 27 heavy (non-hydrogen) atoms. The Bertz CT molecular complexity index is 1100. The van der Waals surface area contributed by atoms with E-state index in [9.17, 15) is 0 Å². The summed E-state index contributed by atoms with van der Waals surface area (Å²) in [4.78, 5) is 12.7. The van der Waals surface area contributed by atoms with Crippen molar-refractivity contribution >= 4 is 11.0 Å². The Balaban J connectivity index is 1.74. The number of hydrogen-bond donors (Lipinski definition) is 1. The molecule has 0 unspecified atom stereocenters. The molecular formula is C21H19N3O3. The van der Waals surface area contributed by atoms with Gasteiger partial charge >= 0.3 is 0 Å². The van der Waals surface area contributed by atoms with Gasteiger partial charge in [-0.1, -0.05) is 6.07 Å². The fraction of sp³-hybridized carbons (Fsp3) is 0.143. The third kappa shape index (κ3) is 3.17. The Morgan fingerprint density at radius 3 is 2.33 bits per heavy atom. The SMILES string of the molecule is COc1ccc2nc(-c3cccc(-c4ccc(OC)c(OC)c4)n3)[nH]c2c1. The molecule has 0 saturated heterocycles. The van der Waals surface area contributed by atoms with E-state index in [-0.39, 0.29) is 0 Å². The van der Waals surface area contributed by atoms with Crippen LogP contribution in [0.5, 0.6) is 17.2 Å². The number of benzene rings is 2. The van der Waals surface area contributed by atoms with E-state index in [1.54, 1.807) is 21.3 Å². The van der Waals surface area contributed by atoms with E-state index in [2.05, 4.69) is 9.97 Å². The van der Waals surface area contributed by atoms with Gasteiger partial charge in [0.25, 0.3) is 0 Å². The second kappa shape index (κ2) is 6.99. The van der Waals surface area contributed by atoms with Crippen molar-refractivity contribution in [3.63, 3.8) is 0 Å². The highest BCUT2D eigenvalue weighted by molar-refractivity contribution is 5.80. The number of aromatic amines is 1. The average molecular weight is 361 g/mol. The second-order valence-corrected chi connectivity index (χ2v) is 5.95. The zero-order chi connectivity index (χ0) is 18.8. The molecule has 0 spiro atoms. The topological polar surface area (TPSA) is 69.3 Å². The van der Waals surface area contributed by atoms with E-state index in [4.69, 9.17) is 19.2 Å². The van der Waals surface area contributed by atoms with Crippen LogP contribution in [0.3, 0.4) is 0 Å². The smallest absolute Gasteiger partial charge is 0.161 e. The van der Waals surface area contributed by atoms with Crippen molar-refractivity contribution in [1.29, 1.82) is 0 Å². The van der Waals surface area contributed by atoms with E-state index < -0.39 is 0 Å². The minimum Gasteiger partial charge on any atom is -0.497 e. The van der Waals surface area contributed by atoms with Gasteiger partial charge in [-0.2, -0.15) is 0 Å². The molecular weight excluding hydrogens is 342 g/mol. The molecule has 0 aliphatic heterocycles. The van der Waals surface area contributed by atoms with Crippen LogP contribution >= 0.6 is 0 Å². The largest absolute Gasteiger partial charge is 0.497 e. The first-order chi connectivity index (χ1) is 13.2. The van der Waals surface area contributed by atoms with E-state index >= 15 is 0 Å². The zero-order valence-electron chi connectivity index (χ0n) is 15.3. The highest BCUT2D eigenvalue weighted by Crippen LogP contribution is 2.32. The van der Waals surface area contributed by atoms with Crippen LogP contribution in [0.4, 0.5) is 0 Å². The molecule has 4 rings (SSSR count). The minimum atomic E-state index is 0.665. The molecule has 2 aromatic carbocycles. The number of ether oxygens (including phenoxy) is 3. The lowest BCUT2D eigenvalue weighted by Crippen LogP contribution is -1.93. The molecule has 136 valence electrons. The van der Waals surface area contributed by atoms with Crippen LogP contribution < -0.4 is 14.2 Å². The van der Waals surface area contributed by atoms with Gasteiger partial charge in [-0.05, 0) is 42.5 Å². The number of methoxy groups -OCH3 is 3. The monoisotopic (exact) mass is 361 g/mol. The van der Waals surface area contributed by atoms with Gasteiger partial charge in [-0.15, -0.1) is 0 Å². The van der Waals surface area contributed by atoms with E-state index in [0.717, 1.165) is 33.7 Å². The molecule has 0 aliphatic carbocycles. The molecule has 6 heteroatoms. The fourth-order valence-electron chi connectivity index (χ4n) is 2.96. The Kier molecular flexibility index (Phi) is 4.38. The number of H-pyrrole nitrogens is 1. The summed E-state index contributed by atoms with van der Waals surface area (Å²) < 4.78 is 16.0. The maximum absolute atomic E-state index is 5.39. The van der Waals surface area contributed by atoms with E-state index in [1.807, 2.05) is 54.6 Å². The van der Waals surface area contributed by atoms with E-state index in [0.29, 0.717) is 17.3 Å². The quantitative estimate of drug-likeness (QED) is 0.573.